The Labute approximate surface area is 172 Å². The van der Waals surface area contributed by atoms with Crippen molar-refractivity contribution in [1.82, 2.24) is 4.57 Å². The molecule has 2 aliphatic rings. The number of nitrogens with zero attached hydrogens (tertiary/aromatic N) is 2. The highest BCUT2D eigenvalue weighted by molar-refractivity contribution is 5.92. The molecule has 1 saturated heterocycles. The molecule has 2 aromatic rings. The summed E-state index contributed by atoms with van der Waals surface area (Å²) < 4.78 is 7.85. The first-order chi connectivity index (χ1) is 14.1. The Kier molecular flexibility index (Phi) is 5.70. The number of quaternary nitrogens is 1. The Bertz CT molecular complexity index is 951. The summed E-state index contributed by atoms with van der Waals surface area (Å²) in [5.41, 5.74) is 5.23. The highest BCUT2D eigenvalue weighted by Crippen LogP contribution is 2.28. The molecule has 6 heteroatoms. The van der Waals surface area contributed by atoms with Crippen LogP contribution in [-0.2, 0) is 29.0 Å². The molecule has 0 spiro atoms. The molecule has 2 aliphatic heterocycles. The zero-order valence-corrected chi connectivity index (χ0v) is 17.3. The first-order valence-corrected chi connectivity index (χ1v) is 10.5. The predicted molar refractivity (Wildman–Crippen MR) is 111 cm³/mol. The van der Waals surface area contributed by atoms with Crippen LogP contribution < -0.4 is 10.2 Å². The number of rotatable bonds is 5. The fourth-order valence-electron chi connectivity index (χ4n) is 4.55. The van der Waals surface area contributed by atoms with Gasteiger partial charge >= 0.3 is 0 Å². The highest BCUT2D eigenvalue weighted by atomic mass is 16.5. The zero-order chi connectivity index (χ0) is 20.4. The average molecular weight is 394 g/mol. The van der Waals surface area contributed by atoms with Crippen LogP contribution in [0.1, 0.15) is 40.8 Å². The van der Waals surface area contributed by atoms with Crippen molar-refractivity contribution in [2.75, 3.05) is 25.0 Å². The second-order valence-electron chi connectivity index (χ2n) is 8.21. The van der Waals surface area contributed by atoms with E-state index in [9.17, 15) is 10.1 Å². The molecule has 0 bridgehead atoms. The number of aromatic nitrogens is 1. The number of nitriles is 1. The van der Waals surface area contributed by atoms with Crippen LogP contribution in [0.2, 0.25) is 0 Å². The number of amides is 1. The van der Waals surface area contributed by atoms with Gasteiger partial charge < -0.3 is 19.5 Å². The number of carbonyl (C=O) groups is 1. The summed E-state index contributed by atoms with van der Waals surface area (Å²) >= 11 is 0. The SMILES string of the molecule is Cc1c(C#N)c(NC(=O)C[NH+]2CCc3ccccc3C2)n(C[C@@H]2CCCO2)c1C. The minimum Gasteiger partial charge on any atom is -0.376 e. The summed E-state index contributed by atoms with van der Waals surface area (Å²) in [6.07, 6.45) is 3.22. The van der Waals surface area contributed by atoms with Gasteiger partial charge in [-0.2, -0.15) is 5.26 Å². The van der Waals surface area contributed by atoms with E-state index < -0.39 is 0 Å². The monoisotopic (exact) mass is 393 g/mol. The number of hydrogen-bond donors (Lipinski definition) is 2. The lowest BCUT2D eigenvalue weighted by Gasteiger charge is -2.25. The minimum atomic E-state index is -0.0398. The molecule has 0 radical (unpaired) electrons. The van der Waals surface area contributed by atoms with Gasteiger partial charge in [-0.3, -0.25) is 4.79 Å². The van der Waals surface area contributed by atoms with Gasteiger partial charge in [0.2, 0.25) is 0 Å². The molecule has 4 rings (SSSR count). The van der Waals surface area contributed by atoms with Gasteiger partial charge in [-0.1, -0.05) is 24.3 Å². The molecule has 6 nitrogen and oxygen atoms in total. The van der Waals surface area contributed by atoms with E-state index >= 15 is 0 Å². The molecular weight excluding hydrogens is 364 g/mol. The quantitative estimate of drug-likeness (QED) is 0.813. The molecule has 29 heavy (non-hydrogen) atoms. The maximum Gasteiger partial charge on any atom is 0.280 e. The molecule has 3 heterocycles. The molecule has 1 aromatic heterocycles. The van der Waals surface area contributed by atoms with Crippen LogP contribution >= 0.6 is 0 Å². The molecular formula is C23H29N4O2+. The van der Waals surface area contributed by atoms with E-state index in [1.807, 2.05) is 13.8 Å². The largest absolute Gasteiger partial charge is 0.376 e. The molecule has 2 N–H and O–H groups in total. The molecule has 1 aromatic carbocycles. The topological polar surface area (TPSA) is 71.5 Å². The van der Waals surface area contributed by atoms with Crippen LogP contribution in [0.5, 0.6) is 0 Å². The van der Waals surface area contributed by atoms with Crippen molar-refractivity contribution in [2.45, 2.75) is 52.3 Å². The van der Waals surface area contributed by atoms with Crippen molar-refractivity contribution in [1.29, 1.82) is 5.26 Å². The van der Waals surface area contributed by atoms with E-state index in [0.717, 1.165) is 50.2 Å². The highest BCUT2D eigenvalue weighted by Gasteiger charge is 2.26. The van der Waals surface area contributed by atoms with Gasteiger partial charge in [0.15, 0.2) is 6.54 Å². The van der Waals surface area contributed by atoms with Gasteiger partial charge in [0.25, 0.3) is 5.91 Å². The van der Waals surface area contributed by atoms with Crippen LogP contribution in [0.3, 0.4) is 0 Å². The van der Waals surface area contributed by atoms with E-state index in [-0.39, 0.29) is 12.0 Å². The van der Waals surface area contributed by atoms with Crippen LogP contribution in [0.4, 0.5) is 5.82 Å². The van der Waals surface area contributed by atoms with Crippen molar-refractivity contribution in [3.8, 4) is 6.07 Å². The van der Waals surface area contributed by atoms with Crippen LogP contribution in [0, 0.1) is 25.2 Å². The van der Waals surface area contributed by atoms with E-state index in [0.29, 0.717) is 24.5 Å². The number of fused-ring (bicyclic) bond motifs is 1. The second-order valence-corrected chi connectivity index (χ2v) is 8.21. The first kappa shape index (κ1) is 19.7. The van der Waals surface area contributed by atoms with Crippen LogP contribution in [-0.4, -0.2) is 36.3 Å². The van der Waals surface area contributed by atoms with Gasteiger partial charge in [0.05, 0.1) is 24.8 Å². The Morgan fingerprint density at radius 3 is 2.86 bits per heavy atom. The summed E-state index contributed by atoms with van der Waals surface area (Å²) in [5, 5.41) is 12.8. The predicted octanol–water partition coefficient (Wildman–Crippen LogP) is 1.74. The van der Waals surface area contributed by atoms with Crippen molar-refractivity contribution >= 4 is 11.7 Å². The third kappa shape index (κ3) is 4.07. The summed E-state index contributed by atoms with van der Waals surface area (Å²) in [5.74, 6) is 0.585. The van der Waals surface area contributed by atoms with Crippen molar-refractivity contribution in [3.05, 3.63) is 52.2 Å². The lowest BCUT2D eigenvalue weighted by Crippen LogP contribution is -3.12. The standard InChI is InChI=1S/C23H28N4O2/c1-16-17(2)27(14-20-8-5-11-29-20)23(21(16)12-24)25-22(28)15-26-10-9-18-6-3-4-7-19(18)13-26/h3-4,6-7,20H,5,8-11,13-15H2,1-2H3,(H,25,28)/p+1/t20-/m0/s1. The fraction of sp³-hybridized carbons (Fsp3) is 0.478. The molecule has 1 unspecified atom stereocenters. The van der Waals surface area contributed by atoms with E-state index in [1.54, 1.807) is 0 Å². The lowest BCUT2D eigenvalue weighted by atomic mass is 10.00. The molecule has 152 valence electrons. The van der Waals surface area contributed by atoms with Crippen molar-refractivity contribution in [2.24, 2.45) is 0 Å². The lowest BCUT2D eigenvalue weighted by molar-refractivity contribution is -0.907. The van der Waals surface area contributed by atoms with Gasteiger partial charge in [0, 0.05) is 24.3 Å². The Balaban J connectivity index is 1.49. The number of hydrogen-bond acceptors (Lipinski definition) is 3. The first-order valence-electron chi connectivity index (χ1n) is 10.5. The maximum atomic E-state index is 12.9. The van der Waals surface area contributed by atoms with Gasteiger partial charge in [-0.05, 0) is 37.8 Å². The number of carbonyl (C=O) groups excluding carboxylic acids is 1. The van der Waals surface area contributed by atoms with E-state index in [1.165, 1.54) is 16.0 Å². The summed E-state index contributed by atoms with van der Waals surface area (Å²) in [6.45, 7) is 7.64. The normalized spacial score (nSPS) is 20.9. The summed E-state index contributed by atoms with van der Waals surface area (Å²) in [6, 6.07) is 10.8. The average Bonchev–Trinajstić information content (AvgIpc) is 3.31. The van der Waals surface area contributed by atoms with Gasteiger partial charge in [-0.25, -0.2) is 0 Å². The van der Waals surface area contributed by atoms with Crippen molar-refractivity contribution < 1.29 is 14.4 Å². The number of benzene rings is 1. The molecule has 0 aliphatic carbocycles. The Morgan fingerprint density at radius 2 is 2.14 bits per heavy atom. The maximum absolute atomic E-state index is 12.9. The number of ether oxygens (including phenoxy) is 1. The smallest absolute Gasteiger partial charge is 0.280 e. The van der Waals surface area contributed by atoms with Crippen molar-refractivity contribution in [3.63, 3.8) is 0 Å². The third-order valence-corrected chi connectivity index (χ3v) is 6.33. The van der Waals surface area contributed by atoms with Gasteiger partial charge in [0.1, 0.15) is 18.4 Å². The van der Waals surface area contributed by atoms with Gasteiger partial charge in [-0.15, -0.1) is 0 Å². The Morgan fingerprint density at radius 1 is 1.34 bits per heavy atom. The number of anilines is 1. The van der Waals surface area contributed by atoms with E-state index in [2.05, 4.69) is 40.2 Å². The minimum absolute atomic E-state index is 0.0398. The van der Waals surface area contributed by atoms with Crippen LogP contribution in [0.25, 0.3) is 0 Å². The summed E-state index contributed by atoms with van der Waals surface area (Å²) in [7, 11) is 0. The molecule has 0 saturated carbocycles. The fourth-order valence-corrected chi connectivity index (χ4v) is 4.55. The zero-order valence-electron chi connectivity index (χ0n) is 17.3. The molecule has 2 atom stereocenters. The van der Waals surface area contributed by atoms with Crippen LogP contribution in [0.15, 0.2) is 24.3 Å². The third-order valence-electron chi connectivity index (χ3n) is 6.33. The summed E-state index contributed by atoms with van der Waals surface area (Å²) in [4.78, 5) is 14.1. The number of nitrogens with one attached hydrogen (secondary N) is 2. The Hall–Kier alpha value is -2.62. The van der Waals surface area contributed by atoms with E-state index in [4.69, 9.17) is 4.74 Å². The molecule has 1 amide bonds. The molecule has 1 fully saturated rings. The second kappa shape index (κ2) is 8.40.